The Hall–Kier alpha value is -3.22. The van der Waals surface area contributed by atoms with Crippen molar-refractivity contribution in [1.29, 1.82) is 0 Å². The Morgan fingerprint density at radius 3 is 2.67 bits per heavy atom. The van der Waals surface area contributed by atoms with Gasteiger partial charge >= 0.3 is 0 Å². The van der Waals surface area contributed by atoms with E-state index in [4.69, 9.17) is 4.74 Å². The number of hydrogen-bond acceptors (Lipinski definition) is 5. The van der Waals surface area contributed by atoms with Gasteiger partial charge in [0.1, 0.15) is 23.8 Å². The summed E-state index contributed by atoms with van der Waals surface area (Å²) in [7, 11) is 0. The van der Waals surface area contributed by atoms with Crippen molar-refractivity contribution in [3.63, 3.8) is 0 Å². The van der Waals surface area contributed by atoms with Gasteiger partial charge in [0, 0.05) is 36.3 Å². The Balaban J connectivity index is 1.13. The van der Waals surface area contributed by atoms with Crippen LogP contribution in [0.3, 0.4) is 0 Å². The highest BCUT2D eigenvalue weighted by atomic mass is 16.5. The minimum Gasteiger partial charge on any atom is -0.490 e. The number of ether oxygens (including phenoxy) is 1. The number of aromatic nitrogens is 3. The van der Waals surface area contributed by atoms with E-state index in [9.17, 15) is 0 Å². The molecule has 2 aliphatic heterocycles. The smallest absolute Gasteiger partial charge is 0.141 e. The van der Waals surface area contributed by atoms with Crippen molar-refractivity contribution in [1.82, 2.24) is 25.2 Å². The lowest BCUT2D eigenvalue weighted by Gasteiger charge is -2.35. The van der Waals surface area contributed by atoms with Crippen LogP contribution in [0.2, 0.25) is 0 Å². The van der Waals surface area contributed by atoms with Gasteiger partial charge in [-0.05, 0) is 105 Å². The van der Waals surface area contributed by atoms with Crippen LogP contribution in [0, 0.1) is 12.8 Å². The second kappa shape index (κ2) is 11.9. The topological polar surface area (TPSA) is 66.1 Å². The molecule has 39 heavy (non-hydrogen) atoms. The van der Waals surface area contributed by atoms with E-state index in [0.29, 0.717) is 6.10 Å². The fourth-order valence-corrected chi connectivity index (χ4v) is 6.30. The predicted molar refractivity (Wildman–Crippen MR) is 159 cm³/mol. The molecule has 6 rings (SSSR count). The molecule has 3 aromatic rings. The van der Waals surface area contributed by atoms with Gasteiger partial charge in [-0.15, -0.1) is 0 Å². The minimum absolute atomic E-state index is 0.300. The zero-order valence-electron chi connectivity index (χ0n) is 23.4. The summed E-state index contributed by atoms with van der Waals surface area (Å²) in [6, 6.07) is 8.84. The molecule has 2 N–H and O–H groups in total. The first kappa shape index (κ1) is 26.0. The Bertz CT molecular complexity index is 1390. The molecule has 0 atom stereocenters. The monoisotopic (exact) mass is 523 g/mol. The van der Waals surface area contributed by atoms with Crippen LogP contribution in [0.5, 0.6) is 0 Å². The zero-order valence-corrected chi connectivity index (χ0v) is 23.4. The van der Waals surface area contributed by atoms with E-state index in [-0.39, 0.29) is 0 Å². The number of hydrogen-bond donors (Lipinski definition) is 2. The Kier molecular flexibility index (Phi) is 7.93. The van der Waals surface area contributed by atoms with Crippen LogP contribution >= 0.6 is 0 Å². The van der Waals surface area contributed by atoms with E-state index < -0.39 is 0 Å². The lowest BCUT2D eigenvalue weighted by molar-refractivity contribution is 0.0484. The maximum absolute atomic E-state index is 6.46. The van der Waals surface area contributed by atoms with Gasteiger partial charge in [-0.25, -0.2) is 9.97 Å². The summed E-state index contributed by atoms with van der Waals surface area (Å²) in [5.74, 6) is 1.82. The summed E-state index contributed by atoms with van der Waals surface area (Å²) in [4.78, 5) is 15.4. The third-order valence-electron chi connectivity index (χ3n) is 8.65. The van der Waals surface area contributed by atoms with E-state index in [1.165, 1.54) is 49.2 Å². The maximum Gasteiger partial charge on any atom is 0.141 e. The van der Waals surface area contributed by atoms with Gasteiger partial charge in [0.05, 0.1) is 5.69 Å². The average Bonchev–Trinajstić information content (AvgIpc) is 3.27. The first-order valence-electron chi connectivity index (χ1n) is 14.8. The third-order valence-corrected chi connectivity index (χ3v) is 8.65. The van der Waals surface area contributed by atoms with E-state index in [1.54, 1.807) is 6.33 Å². The van der Waals surface area contributed by atoms with Crippen molar-refractivity contribution in [2.45, 2.75) is 58.5 Å². The second-order valence-corrected chi connectivity index (χ2v) is 11.3. The molecular formula is C33H41N5O. The fourth-order valence-electron chi connectivity index (χ4n) is 6.30. The summed E-state index contributed by atoms with van der Waals surface area (Å²) in [6.45, 7) is 10.3. The normalized spacial score (nSPS) is 19.6. The highest BCUT2D eigenvalue weighted by Gasteiger charge is 2.24. The molecule has 0 unspecified atom stereocenters. The molecule has 1 aromatic carbocycles. The van der Waals surface area contributed by atoms with Crippen molar-refractivity contribution in [2.24, 2.45) is 5.92 Å². The first-order valence-corrected chi connectivity index (χ1v) is 14.8. The van der Waals surface area contributed by atoms with E-state index in [2.05, 4.69) is 87.6 Å². The molecule has 6 nitrogen and oxygen atoms in total. The van der Waals surface area contributed by atoms with Gasteiger partial charge in [-0.3, -0.25) is 0 Å². The summed E-state index contributed by atoms with van der Waals surface area (Å²) in [6.07, 6.45) is 17.4. The van der Waals surface area contributed by atoms with Crippen molar-refractivity contribution in [3.05, 3.63) is 77.5 Å². The van der Waals surface area contributed by atoms with Gasteiger partial charge in [-0.2, -0.15) is 0 Å². The number of allylic oxidation sites excluding steroid dienone is 5. The lowest BCUT2D eigenvalue weighted by atomic mass is 9.96. The van der Waals surface area contributed by atoms with Gasteiger partial charge < -0.3 is 19.9 Å². The maximum atomic E-state index is 6.46. The van der Waals surface area contributed by atoms with Crippen LogP contribution in [0.25, 0.3) is 27.9 Å². The van der Waals surface area contributed by atoms with Crippen molar-refractivity contribution in [2.75, 3.05) is 32.7 Å². The molecule has 2 aromatic heterocycles. The number of piperidine rings is 2. The second-order valence-electron chi connectivity index (χ2n) is 11.3. The number of likely N-dealkylation sites (tertiary alicyclic amines) is 1. The molecule has 1 aliphatic carbocycles. The minimum atomic E-state index is 0.300. The van der Waals surface area contributed by atoms with Gasteiger partial charge in [0.2, 0.25) is 0 Å². The number of nitrogens with zero attached hydrogens (tertiary/aromatic N) is 3. The van der Waals surface area contributed by atoms with Gasteiger partial charge in [0.25, 0.3) is 0 Å². The number of aryl methyl sites for hydroxylation is 2. The highest BCUT2D eigenvalue weighted by Crippen LogP contribution is 2.31. The number of benzene rings is 1. The molecular weight excluding hydrogens is 482 g/mol. The molecule has 3 aliphatic rings. The molecule has 204 valence electrons. The molecule has 0 radical (unpaired) electrons. The Morgan fingerprint density at radius 2 is 1.87 bits per heavy atom. The average molecular weight is 524 g/mol. The molecule has 0 amide bonds. The van der Waals surface area contributed by atoms with E-state index >= 15 is 0 Å². The summed E-state index contributed by atoms with van der Waals surface area (Å²) >= 11 is 0. The standard InChI is InChI=1S/C33H41N5O/c1-3-25-7-8-27(19-23(25)2)32-30-20-31(37-33(30)36-22-35-32)26-5-4-6-28(10-9-26)39-29-13-17-38(18-14-29)21-24-11-15-34-16-12-24/h4,6-10,19-20,22,24,29,34H,3,5,11-18,21H2,1-2H3,(H,35,36,37). The number of H-pyrrole nitrogens is 1. The number of rotatable bonds is 7. The highest BCUT2D eigenvalue weighted by molar-refractivity contribution is 5.93. The van der Waals surface area contributed by atoms with E-state index in [0.717, 1.165) is 78.4 Å². The largest absolute Gasteiger partial charge is 0.490 e. The van der Waals surface area contributed by atoms with Crippen LogP contribution in [-0.4, -0.2) is 58.7 Å². The summed E-state index contributed by atoms with van der Waals surface area (Å²) < 4.78 is 6.46. The zero-order chi connectivity index (χ0) is 26.6. The molecule has 0 saturated carbocycles. The first-order chi connectivity index (χ1) is 19.2. The van der Waals surface area contributed by atoms with Crippen LogP contribution in [-0.2, 0) is 11.2 Å². The third kappa shape index (κ3) is 6.02. The van der Waals surface area contributed by atoms with Crippen LogP contribution in [0.4, 0.5) is 0 Å². The summed E-state index contributed by atoms with van der Waals surface area (Å²) in [5, 5.41) is 4.54. The molecule has 2 saturated heterocycles. The van der Waals surface area contributed by atoms with E-state index in [1.807, 2.05) is 0 Å². The Morgan fingerprint density at radius 1 is 1.03 bits per heavy atom. The summed E-state index contributed by atoms with van der Waals surface area (Å²) in [5.41, 5.74) is 7.98. The van der Waals surface area contributed by atoms with Gasteiger partial charge in [0.15, 0.2) is 0 Å². The molecule has 0 bridgehead atoms. The molecule has 4 heterocycles. The molecule has 6 heteroatoms. The van der Waals surface area contributed by atoms with Gasteiger partial charge in [-0.1, -0.05) is 31.2 Å². The predicted octanol–water partition coefficient (Wildman–Crippen LogP) is 6.20. The fraction of sp³-hybridized carbons (Fsp3) is 0.455. The van der Waals surface area contributed by atoms with Crippen molar-refractivity contribution >= 4 is 16.6 Å². The van der Waals surface area contributed by atoms with Crippen LogP contribution in [0.1, 0.15) is 55.8 Å². The van der Waals surface area contributed by atoms with Crippen molar-refractivity contribution in [3.8, 4) is 11.3 Å². The SMILES string of the molecule is CCc1ccc(-c2ncnc3[nH]c(C4=CC=C(OC5CCN(CC6CCNCC6)CC5)C=CC4)cc23)cc1C. The quantitative estimate of drug-likeness (QED) is 0.386. The number of nitrogens with one attached hydrogen (secondary N) is 2. The lowest BCUT2D eigenvalue weighted by Crippen LogP contribution is -2.41. The van der Waals surface area contributed by atoms with Crippen molar-refractivity contribution < 1.29 is 4.74 Å². The Labute approximate surface area is 232 Å². The molecule has 2 fully saturated rings. The molecule has 0 spiro atoms. The number of fused-ring (bicyclic) bond motifs is 1. The van der Waals surface area contributed by atoms with Crippen LogP contribution in [0.15, 0.2) is 60.7 Å². The number of aromatic amines is 1. The van der Waals surface area contributed by atoms with Crippen LogP contribution < -0.4 is 5.32 Å².